The maximum atomic E-state index is 12.3. The van der Waals surface area contributed by atoms with Gasteiger partial charge in [0.15, 0.2) is 0 Å². The number of rotatable bonds is 3. The number of pyridine rings is 1. The van der Waals surface area contributed by atoms with Crippen LogP contribution in [0, 0.1) is 0 Å². The summed E-state index contributed by atoms with van der Waals surface area (Å²) >= 11 is 0. The van der Waals surface area contributed by atoms with Crippen molar-refractivity contribution in [3.63, 3.8) is 0 Å². The highest BCUT2D eigenvalue weighted by Gasteiger charge is 2.06. The van der Waals surface area contributed by atoms with Crippen molar-refractivity contribution in [1.29, 1.82) is 0 Å². The number of hydrogen-bond donors (Lipinski definition) is 3. The molecule has 3 rings (SSSR count). The van der Waals surface area contributed by atoms with Crippen LogP contribution >= 0.6 is 0 Å². The summed E-state index contributed by atoms with van der Waals surface area (Å²) in [4.78, 5) is 26.5. The molecule has 0 aliphatic heterocycles. The third kappa shape index (κ3) is 2.75. The monoisotopic (exact) mass is 293 g/mol. The van der Waals surface area contributed by atoms with E-state index in [9.17, 15) is 9.59 Å². The lowest BCUT2D eigenvalue weighted by atomic mass is 10.1. The highest BCUT2D eigenvalue weighted by Crippen LogP contribution is 2.21. The predicted octanol–water partition coefficient (Wildman–Crippen LogP) is 2.09. The van der Waals surface area contributed by atoms with E-state index in [0.717, 1.165) is 16.6 Å². The van der Waals surface area contributed by atoms with E-state index < -0.39 is 0 Å². The first kappa shape index (κ1) is 14.0. The van der Waals surface area contributed by atoms with Gasteiger partial charge in [-0.05, 0) is 29.1 Å². The first-order valence-electron chi connectivity index (χ1n) is 6.90. The Kier molecular flexibility index (Phi) is 3.72. The number of aromatic nitrogens is 1. The first-order valence-corrected chi connectivity index (χ1v) is 6.90. The fourth-order valence-electron chi connectivity index (χ4n) is 2.32. The SMILES string of the molecule is NCC(=O)Nc1ccc2cc(-c3ccccc3)[nH]c(=O)c2c1. The van der Waals surface area contributed by atoms with E-state index in [1.54, 1.807) is 12.1 Å². The molecule has 3 aromatic rings. The number of amides is 1. The molecule has 2 aromatic carbocycles. The second-order valence-corrected chi connectivity index (χ2v) is 4.93. The fourth-order valence-corrected chi connectivity index (χ4v) is 2.32. The van der Waals surface area contributed by atoms with Gasteiger partial charge >= 0.3 is 0 Å². The molecule has 0 radical (unpaired) electrons. The standard InChI is InChI=1S/C17H15N3O2/c18-10-16(21)19-13-7-6-12-8-15(11-4-2-1-3-5-11)20-17(22)14(12)9-13/h1-9H,10,18H2,(H,19,21)(H,20,22). The lowest BCUT2D eigenvalue weighted by Gasteiger charge is -2.07. The molecular formula is C17H15N3O2. The van der Waals surface area contributed by atoms with Crippen LogP contribution < -0.4 is 16.6 Å². The maximum absolute atomic E-state index is 12.3. The van der Waals surface area contributed by atoms with Gasteiger partial charge in [0.05, 0.1) is 6.54 Å². The first-order chi connectivity index (χ1) is 10.7. The molecule has 4 N–H and O–H groups in total. The van der Waals surface area contributed by atoms with E-state index in [1.165, 1.54) is 0 Å². The molecule has 22 heavy (non-hydrogen) atoms. The van der Waals surface area contributed by atoms with E-state index in [-0.39, 0.29) is 18.0 Å². The molecule has 0 atom stereocenters. The zero-order chi connectivity index (χ0) is 15.5. The average molecular weight is 293 g/mol. The summed E-state index contributed by atoms with van der Waals surface area (Å²) in [5, 5.41) is 3.98. The van der Waals surface area contributed by atoms with Crippen molar-refractivity contribution < 1.29 is 4.79 Å². The summed E-state index contributed by atoms with van der Waals surface area (Å²) in [5.41, 5.74) is 7.34. The highest BCUT2D eigenvalue weighted by molar-refractivity contribution is 5.95. The third-order valence-corrected chi connectivity index (χ3v) is 3.40. The van der Waals surface area contributed by atoms with Crippen LogP contribution in [0.4, 0.5) is 5.69 Å². The summed E-state index contributed by atoms with van der Waals surface area (Å²) in [6.45, 7) is -0.0959. The van der Waals surface area contributed by atoms with Crippen LogP contribution in [0.2, 0.25) is 0 Å². The number of nitrogens with one attached hydrogen (secondary N) is 2. The smallest absolute Gasteiger partial charge is 0.256 e. The molecule has 110 valence electrons. The quantitative estimate of drug-likeness (QED) is 0.691. The largest absolute Gasteiger partial charge is 0.325 e. The molecule has 5 heteroatoms. The van der Waals surface area contributed by atoms with Gasteiger partial charge in [-0.15, -0.1) is 0 Å². The molecule has 0 aliphatic carbocycles. The molecular weight excluding hydrogens is 278 g/mol. The van der Waals surface area contributed by atoms with Gasteiger partial charge < -0.3 is 16.0 Å². The Labute approximate surface area is 126 Å². The molecule has 0 aliphatic rings. The Morgan fingerprint density at radius 1 is 1.09 bits per heavy atom. The zero-order valence-electron chi connectivity index (χ0n) is 11.8. The molecule has 0 spiro atoms. The maximum Gasteiger partial charge on any atom is 0.256 e. The molecule has 1 aromatic heterocycles. The summed E-state index contributed by atoms with van der Waals surface area (Å²) in [7, 11) is 0. The van der Waals surface area contributed by atoms with Crippen LogP contribution in [0.15, 0.2) is 59.4 Å². The Bertz CT molecular complexity index is 885. The number of fused-ring (bicyclic) bond motifs is 1. The van der Waals surface area contributed by atoms with Crippen molar-refractivity contribution in [2.75, 3.05) is 11.9 Å². The number of anilines is 1. The van der Waals surface area contributed by atoms with Gasteiger partial charge in [-0.3, -0.25) is 9.59 Å². The van der Waals surface area contributed by atoms with E-state index in [1.807, 2.05) is 42.5 Å². The van der Waals surface area contributed by atoms with Crippen LogP contribution in [-0.4, -0.2) is 17.4 Å². The molecule has 5 nitrogen and oxygen atoms in total. The lowest BCUT2D eigenvalue weighted by Crippen LogP contribution is -2.21. The zero-order valence-corrected chi connectivity index (χ0v) is 11.8. The van der Waals surface area contributed by atoms with Crippen LogP contribution in [0.25, 0.3) is 22.0 Å². The van der Waals surface area contributed by atoms with E-state index in [4.69, 9.17) is 5.73 Å². The Balaban J connectivity index is 2.07. The van der Waals surface area contributed by atoms with Gasteiger partial charge in [-0.1, -0.05) is 36.4 Å². The fraction of sp³-hybridized carbons (Fsp3) is 0.0588. The van der Waals surface area contributed by atoms with Crippen LogP contribution in [-0.2, 0) is 4.79 Å². The second-order valence-electron chi connectivity index (χ2n) is 4.93. The van der Waals surface area contributed by atoms with E-state index >= 15 is 0 Å². The normalized spacial score (nSPS) is 10.6. The van der Waals surface area contributed by atoms with Crippen molar-refractivity contribution in [2.45, 2.75) is 0 Å². The number of aromatic amines is 1. The van der Waals surface area contributed by atoms with Gasteiger partial charge in [0, 0.05) is 16.8 Å². The predicted molar refractivity (Wildman–Crippen MR) is 87.7 cm³/mol. The number of benzene rings is 2. The Morgan fingerprint density at radius 2 is 1.86 bits per heavy atom. The third-order valence-electron chi connectivity index (χ3n) is 3.40. The van der Waals surface area contributed by atoms with Gasteiger partial charge in [-0.2, -0.15) is 0 Å². The van der Waals surface area contributed by atoms with Crippen molar-refractivity contribution in [1.82, 2.24) is 4.98 Å². The minimum absolute atomic E-state index is 0.0959. The minimum atomic E-state index is -0.295. The minimum Gasteiger partial charge on any atom is -0.325 e. The second kappa shape index (κ2) is 5.83. The number of carbonyl (C=O) groups is 1. The van der Waals surface area contributed by atoms with Crippen LogP contribution in [0.5, 0.6) is 0 Å². The van der Waals surface area contributed by atoms with Gasteiger partial charge in [0.25, 0.3) is 5.56 Å². The summed E-state index contributed by atoms with van der Waals surface area (Å²) in [6.07, 6.45) is 0. The highest BCUT2D eigenvalue weighted by atomic mass is 16.1. The molecule has 0 bridgehead atoms. The Hall–Kier alpha value is -2.92. The van der Waals surface area contributed by atoms with E-state index in [2.05, 4.69) is 10.3 Å². The lowest BCUT2D eigenvalue weighted by molar-refractivity contribution is -0.114. The molecule has 1 amide bonds. The summed E-state index contributed by atoms with van der Waals surface area (Å²) < 4.78 is 0. The van der Waals surface area contributed by atoms with Gasteiger partial charge in [-0.25, -0.2) is 0 Å². The van der Waals surface area contributed by atoms with Crippen molar-refractivity contribution in [3.05, 3.63) is 65.0 Å². The number of H-pyrrole nitrogens is 1. The molecule has 1 heterocycles. The van der Waals surface area contributed by atoms with Crippen LogP contribution in [0.3, 0.4) is 0 Å². The molecule has 0 unspecified atom stereocenters. The van der Waals surface area contributed by atoms with Crippen molar-refractivity contribution in [3.8, 4) is 11.3 Å². The van der Waals surface area contributed by atoms with Crippen LogP contribution in [0.1, 0.15) is 0 Å². The molecule has 0 fully saturated rings. The molecule has 0 saturated carbocycles. The summed E-state index contributed by atoms with van der Waals surface area (Å²) in [5.74, 6) is -0.295. The van der Waals surface area contributed by atoms with Crippen molar-refractivity contribution >= 4 is 22.4 Å². The summed E-state index contributed by atoms with van der Waals surface area (Å²) in [6, 6.07) is 16.8. The Morgan fingerprint density at radius 3 is 2.59 bits per heavy atom. The average Bonchev–Trinajstić information content (AvgIpc) is 2.56. The van der Waals surface area contributed by atoms with Gasteiger partial charge in [0.2, 0.25) is 5.91 Å². The number of carbonyl (C=O) groups excluding carboxylic acids is 1. The molecule has 0 saturated heterocycles. The van der Waals surface area contributed by atoms with Gasteiger partial charge in [0.1, 0.15) is 0 Å². The van der Waals surface area contributed by atoms with E-state index in [0.29, 0.717) is 11.1 Å². The number of nitrogens with two attached hydrogens (primary N) is 1. The topological polar surface area (TPSA) is 88.0 Å². The number of hydrogen-bond acceptors (Lipinski definition) is 3. The van der Waals surface area contributed by atoms with Crippen molar-refractivity contribution in [2.24, 2.45) is 5.73 Å².